The molecule has 1 unspecified atom stereocenters. The van der Waals surface area contributed by atoms with Gasteiger partial charge in [-0.25, -0.2) is 0 Å². The average molecular weight is 129 g/mol. The van der Waals surface area contributed by atoms with E-state index in [2.05, 4.69) is 5.92 Å². The van der Waals surface area contributed by atoms with Gasteiger partial charge in [-0.05, 0) is 0 Å². The molecular weight excluding hydrogens is 118 g/mol. The molecule has 0 aliphatic heterocycles. The van der Waals surface area contributed by atoms with Gasteiger partial charge in [0.05, 0.1) is 19.3 Å². The van der Waals surface area contributed by atoms with Crippen LogP contribution >= 0.6 is 0 Å². The van der Waals surface area contributed by atoms with Crippen LogP contribution in [-0.4, -0.2) is 31.0 Å². The third-order valence-corrected chi connectivity index (χ3v) is 0.752. The van der Waals surface area contributed by atoms with Crippen molar-refractivity contribution in [3.05, 3.63) is 0 Å². The molecule has 1 atom stereocenters. The first kappa shape index (κ1) is 8.44. The monoisotopic (exact) mass is 129 g/mol. The Labute approximate surface area is 54.8 Å². The van der Waals surface area contributed by atoms with Gasteiger partial charge in [-0.2, -0.15) is 0 Å². The van der Waals surface area contributed by atoms with Crippen molar-refractivity contribution in [3.63, 3.8) is 0 Å². The number of hydrogen-bond donors (Lipinski definition) is 2. The number of terminal acetylenes is 1. The van der Waals surface area contributed by atoms with E-state index in [1.807, 2.05) is 0 Å². The molecule has 0 aliphatic carbocycles. The van der Waals surface area contributed by atoms with Gasteiger partial charge >= 0.3 is 0 Å². The minimum atomic E-state index is -0.307. The third kappa shape index (κ3) is 5.31. The standard InChI is InChI=1S/C6H11NO2/c1-2-3-9-5-6(7)4-8/h1,6,8H,3-5,7H2. The van der Waals surface area contributed by atoms with E-state index in [9.17, 15) is 0 Å². The van der Waals surface area contributed by atoms with Crippen LogP contribution < -0.4 is 5.73 Å². The fraction of sp³-hybridized carbons (Fsp3) is 0.667. The molecule has 0 bridgehead atoms. The highest BCUT2D eigenvalue weighted by atomic mass is 16.5. The van der Waals surface area contributed by atoms with Crippen LogP contribution in [0.3, 0.4) is 0 Å². The van der Waals surface area contributed by atoms with Crippen LogP contribution in [0, 0.1) is 12.3 Å². The van der Waals surface area contributed by atoms with Crippen molar-refractivity contribution in [2.45, 2.75) is 6.04 Å². The number of nitrogens with two attached hydrogens (primary N) is 1. The second kappa shape index (κ2) is 5.57. The molecule has 0 saturated carbocycles. The van der Waals surface area contributed by atoms with Gasteiger partial charge < -0.3 is 15.6 Å². The second-order valence-corrected chi connectivity index (χ2v) is 1.66. The number of rotatable bonds is 4. The molecule has 3 N–H and O–H groups in total. The smallest absolute Gasteiger partial charge is 0.107 e. The molecule has 0 rings (SSSR count). The molecular formula is C6H11NO2. The Morgan fingerprint density at radius 1 is 1.78 bits per heavy atom. The number of ether oxygens (including phenoxy) is 1. The van der Waals surface area contributed by atoms with Crippen molar-refractivity contribution in [1.82, 2.24) is 0 Å². The Kier molecular flexibility index (Phi) is 5.23. The van der Waals surface area contributed by atoms with Crippen molar-refractivity contribution in [2.24, 2.45) is 5.73 Å². The first-order valence-corrected chi connectivity index (χ1v) is 2.69. The lowest BCUT2D eigenvalue weighted by molar-refractivity contribution is 0.125. The summed E-state index contributed by atoms with van der Waals surface area (Å²) in [5.74, 6) is 2.29. The lowest BCUT2D eigenvalue weighted by Crippen LogP contribution is -2.29. The highest BCUT2D eigenvalue weighted by Gasteiger charge is 1.96. The van der Waals surface area contributed by atoms with E-state index in [-0.39, 0.29) is 19.3 Å². The molecule has 0 fully saturated rings. The van der Waals surface area contributed by atoms with E-state index in [1.165, 1.54) is 0 Å². The van der Waals surface area contributed by atoms with Crippen LogP contribution in [0.5, 0.6) is 0 Å². The lowest BCUT2D eigenvalue weighted by atomic mass is 10.4. The van der Waals surface area contributed by atoms with E-state index >= 15 is 0 Å². The quantitative estimate of drug-likeness (QED) is 0.376. The van der Waals surface area contributed by atoms with Gasteiger partial charge in [-0.15, -0.1) is 6.42 Å². The van der Waals surface area contributed by atoms with Gasteiger partial charge in [-0.1, -0.05) is 5.92 Å². The summed E-state index contributed by atoms with van der Waals surface area (Å²) in [4.78, 5) is 0. The minimum absolute atomic E-state index is 0.0649. The number of aliphatic hydroxyl groups excluding tert-OH is 1. The van der Waals surface area contributed by atoms with Crippen LogP contribution in [0.2, 0.25) is 0 Å². The summed E-state index contributed by atoms with van der Waals surface area (Å²) in [6.07, 6.45) is 4.88. The lowest BCUT2D eigenvalue weighted by Gasteiger charge is -2.05. The summed E-state index contributed by atoms with van der Waals surface area (Å²) in [7, 11) is 0. The molecule has 0 radical (unpaired) electrons. The Morgan fingerprint density at radius 3 is 2.89 bits per heavy atom. The molecule has 0 aromatic heterocycles. The van der Waals surface area contributed by atoms with Crippen LogP contribution in [0.15, 0.2) is 0 Å². The van der Waals surface area contributed by atoms with Gasteiger partial charge in [0, 0.05) is 0 Å². The summed E-state index contributed by atoms with van der Waals surface area (Å²) < 4.78 is 4.81. The van der Waals surface area contributed by atoms with E-state index in [1.54, 1.807) is 0 Å². The van der Waals surface area contributed by atoms with Crippen LogP contribution in [0.25, 0.3) is 0 Å². The predicted octanol–water partition coefficient (Wildman–Crippen LogP) is -1.04. The van der Waals surface area contributed by atoms with Crippen molar-refractivity contribution in [1.29, 1.82) is 0 Å². The maximum atomic E-state index is 8.38. The summed E-state index contributed by atoms with van der Waals surface area (Å²) in [5.41, 5.74) is 5.27. The van der Waals surface area contributed by atoms with Crippen molar-refractivity contribution in [3.8, 4) is 12.3 Å². The average Bonchev–Trinajstić information content (AvgIpc) is 1.89. The fourth-order valence-electron chi connectivity index (χ4n) is 0.322. The topological polar surface area (TPSA) is 55.5 Å². The second-order valence-electron chi connectivity index (χ2n) is 1.66. The van der Waals surface area contributed by atoms with E-state index in [4.69, 9.17) is 22.0 Å². The van der Waals surface area contributed by atoms with Crippen LogP contribution in [0.1, 0.15) is 0 Å². The van der Waals surface area contributed by atoms with Crippen molar-refractivity contribution < 1.29 is 9.84 Å². The SMILES string of the molecule is C#CCOCC(N)CO. The van der Waals surface area contributed by atoms with Crippen LogP contribution in [0.4, 0.5) is 0 Å². The molecule has 0 aromatic rings. The summed E-state index contributed by atoms with van der Waals surface area (Å²) in [6, 6.07) is -0.307. The zero-order valence-electron chi connectivity index (χ0n) is 5.21. The van der Waals surface area contributed by atoms with E-state index in [0.717, 1.165) is 0 Å². The van der Waals surface area contributed by atoms with Gasteiger partial charge in [0.15, 0.2) is 0 Å². The molecule has 0 aliphatic rings. The first-order valence-electron chi connectivity index (χ1n) is 2.69. The maximum Gasteiger partial charge on any atom is 0.107 e. The van der Waals surface area contributed by atoms with Gasteiger partial charge in [-0.3, -0.25) is 0 Å². The third-order valence-electron chi connectivity index (χ3n) is 0.752. The fourth-order valence-corrected chi connectivity index (χ4v) is 0.322. The first-order chi connectivity index (χ1) is 4.31. The Bertz CT molecular complexity index is 97.7. The van der Waals surface area contributed by atoms with Gasteiger partial charge in [0.25, 0.3) is 0 Å². The highest BCUT2D eigenvalue weighted by molar-refractivity contribution is 4.83. The predicted molar refractivity (Wildman–Crippen MR) is 34.7 cm³/mol. The molecule has 3 heteroatoms. The van der Waals surface area contributed by atoms with Crippen molar-refractivity contribution in [2.75, 3.05) is 19.8 Å². The largest absolute Gasteiger partial charge is 0.395 e. The van der Waals surface area contributed by atoms with Gasteiger partial charge in [0.1, 0.15) is 6.61 Å². The van der Waals surface area contributed by atoms with E-state index < -0.39 is 0 Å². The van der Waals surface area contributed by atoms with Crippen molar-refractivity contribution >= 4 is 0 Å². The molecule has 0 spiro atoms. The molecule has 9 heavy (non-hydrogen) atoms. The summed E-state index contributed by atoms with van der Waals surface area (Å²) in [5, 5.41) is 8.38. The van der Waals surface area contributed by atoms with E-state index in [0.29, 0.717) is 6.61 Å². The highest BCUT2D eigenvalue weighted by Crippen LogP contribution is 1.77. The summed E-state index contributed by atoms with van der Waals surface area (Å²) >= 11 is 0. The molecule has 0 heterocycles. The normalized spacial score (nSPS) is 12.6. The zero-order chi connectivity index (χ0) is 7.11. The number of hydrogen-bond acceptors (Lipinski definition) is 3. The number of aliphatic hydroxyl groups is 1. The molecule has 0 aromatic carbocycles. The molecule has 3 nitrogen and oxygen atoms in total. The molecule has 0 saturated heterocycles. The zero-order valence-corrected chi connectivity index (χ0v) is 5.21. The Morgan fingerprint density at radius 2 is 2.44 bits per heavy atom. The summed E-state index contributed by atoms with van der Waals surface area (Å²) in [6.45, 7) is 0.513. The van der Waals surface area contributed by atoms with Crippen LogP contribution in [-0.2, 0) is 4.74 Å². The molecule has 52 valence electrons. The molecule has 0 amide bonds. The Hall–Kier alpha value is -0.560. The Balaban J connectivity index is 2.99. The minimum Gasteiger partial charge on any atom is -0.395 e. The van der Waals surface area contributed by atoms with Gasteiger partial charge in [0.2, 0.25) is 0 Å². The maximum absolute atomic E-state index is 8.38.